The molecule has 0 atom stereocenters. The van der Waals surface area contributed by atoms with E-state index in [-0.39, 0.29) is 22.5 Å². The molecular formula is C78H86B2N5O6+. The number of amides is 1. The SMILES string of the molecule is C=C(C)C(=O)CCCCN(Cc1ccccc1B(O)O)Cc1c2ccccc2c(CN(CCCNC(=O)C(=C)C)Cc2ccccc2B(O)O)c2ccc(-c3ccc(C(=C\C=C4/N(C)c5ccccc5C4(C)C)/C=C/C4=[N+](C)c5ccccc5C4(C)C)cc3)cc12. The highest BCUT2D eigenvalue weighted by Crippen LogP contribution is 2.47. The van der Waals surface area contributed by atoms with Crippen LogP contribution in [-0.2, 0) is 46.6 Å². The molecule has 0 aliphatic carbocycles. The van der Waals surface area contributed by atoms with Crippen molar-refractivity contribution in [2.75, 3.05) is 38.6 Å². The van der Waals surface area contributed by atoms with E-state index >= 15 is 0 Å². The van der Waals surface area contributed by atoms with Crippen LogP contribution in [0.25, 0.3) is 38.2 Å². The van der Waals surface area contributed by atoms with Gasteiger partial charge < -0.3 is 30.3 Å². The fourth-order valence-corrected chi connectivity index (χ4v) is 13.6. The van der Waals surface area contributed by atoms with Crippen molar-refractivity contribution in [3.8, 4) is 11.1 Å². The number of anilines is 1. The fraction of sp³-hybridized carbons (Fsp3) is 0.269. The first-order valence-electron chi connectivity index (χ1n) is 31.8. The van der Waals surface area contributed by atoms with Gasteiger partial charge >= 0.3 is 14.2 Å². The van der Waals surface area contributed by atoms with Crippen LogP contribution in [0.4, 0.5) is 11.4 Å². The maximum atomic E-state index is 12.8. The number of allylic oxidation sites excluding steroid dienone is 7. The van der Waals surface area contributed by atoms with Crippen LogP contribution in [0.1, 0.15) is 106 Å². The number of hydrogen-bond donors (Lipinski definition) is 5. The number of carbonyl (C=O) groups is 2. The number of ketones is 1. The number of Topliss-reactive ketones (excluding diaryl/α,β-unsaturated/α-hetero) is 1. The van der Waals surface area contributed by atoms with Crippen LogP contribution in [0.5, 0.6) is 0 Å². The Hall–Kier alpha value is -8.52. The second-order valence-electron chi connectivity index (χ2n) is 25.8. The van der Waals surface area contributed by atoms with Crippen molar-refractivity contribution in [2.24, 2.45) is 0 Å². The Morgan fingerprint density at radius 1 is 0.604 bits per heavy atom. The van der Waals surface area contributed by atoms with Crippen molar-refractivity contribution in [2.45, 2.75) is 104 Å². The number of nitrogens with one attached hydrogen (secondary N) is 1. The molecule has 2 aliphatic heterocycles. The number of unbranched alkanes of at least 4 members (excludes halogenated alkanes) is 1. The predicted molar refractivity (Wildman–Crippen MR) is 377 cm³/mol. The molecule has 8 aromatic rings. The van der Waals surface area contributed by atoms with Crippen LogP contribution in [-0.4, -0.2) is 99.8 Å². The minimum Gasteiger partial charge on any atom is -0.423 e. The maximum Gasteiger partial charge on any atom is 0.488 e. The second kappa shape index (κ2) is 28.3. The number of likely N-dealkylation sites (N-methyl/N-ethyl adjacent to an activating group) is 1. The molecule has 0 unspecified atom stereocenters. The standard InChI is InChI=1S/C78H85B2N5O6/c1-53(2)73(86)34-21-22-46-84(49-59-24-11-17-30-69(59)79(88)89)52-66-62-27-14-13-26-61(62)65(51-85(47-23-45-81-76(87)54(3)4)50-60-25-12-18-31-70(60)80(90)91)63-42-39-58(48-64(63)66)57-37-35-55(36-38-57)56(40-43-74-77(5,6)67-28-15-19-32-71(67)82(74)9)41-44-75-78(7,8)68-29-16-20-33-72(68)83(75)10/h11-20,24-33,35-44,48,88-91H,1,3,21-23,34,45-47,49-52H2,2,4-10H3/p+1. The van der Waals surface area contributed by atoms with Crippen LogP contribution in [0, 0.1) is 0 Å². The highest BCUT2D eigenvalue weighted by molar-refractivity contribution is 6.59. The first kappa shape index (κ1) is 65.4. The lowest BCUT2D eigenvalue weighted by Crippen LogP contribution is -2.36. The summed E-state index contributed by atoms with van der Waals surface area (Å²) >= 11 is 0. The molecule has 0 saturated heterocycles. The molecule has 11 nitrogen and oxygen atoms in total. The Bertz CT molecular complexity index is 4200. The van der Waals surface area contributed by atoms with Gasteiger partial charge in [0.05, 0.1) is 5.41 Å². The van der Waals surface area contributed by atoms with Crippen molar-refractivity contribution < 1.29 is 34.3 Å². The average molecular weight is 1210 g/mol. The lowest BCUT2D eigenvalue weighted by molar-refractivity contribution is -0.401. The van der Waals surface area contributed by atoms with Gasteiger partial charge in [-0.05, 0) is 166 Å². The Balaban J connectivity index is 1.10. The van der Waals surface area contributed by atoms with Crippen molar-refractivity contribution in [3.05, 3.63) is 257 Å². The van der Waals surface area contributed by atoms with E-state index in [9.17, 15) is 29.7 Å². The molecule has 8 aromatic carbocycles. The molecule has 0 radical (unpaired) electrons. The molecule has 2 aliphatic rings. The Morgan fingerprint density at radius 2 is 1.14 bits per heavy atom. The number of fused-ring (bicyclic) bond motifs is 4. The number of rotatable bonds is 26. The molecule has 10 rings (SSSR count). The molecule has 13 heteroatoms. The Labute approximate surface area is 538 Å². The third kappa shape index (κ3) is 14.3. The van der Waals surface area contributed by atoms with Gasteiger partial charge in [-0.2, -0.15) is 4.58 Å². The molecule has 0 saturated carbocycles. The first-order chi connectivity index (χ1) is 43.6. The molecular weight excluding hydrogens is 1120 g/mol. The number of nitrogens with zero attached hydrogens (tertiary/aromatic N) is 4. The van der Waals surface area contributed by atoms with E-state index in [0.717, 1.165) is 72.5 Å². The van der Waals surface area contributed by atoms with Crippen molar-refractivity contribution >= 4 is 81.1 Å². The lowest BCUT2D eigenvalue weighted by atomic mass is 9.77. The van der Waals surface area contributed by atoms with Gasteiger partial charge in [-0.25, -0.2) is 0 Å². The van der Waals surface area contributed by atoms with E-state index in [4.69, 9.17) is 0 Å². The molecule has 1 amide bonds. The summed E-state index contributed by atoms with van der Waals surface area (Å²) in [4.78, 5) is 32.5. The Kier molecular flexibility index (Phi) is 20.4. The second-order valence-corrected chi connectivity index (χ2v) is 25.8. The van der Waals surface area contributed by atoms with Crippen LogP contribution >= 0.6 is 0 Å². The lowest BCUT2D eigenvalue weighted by Gasteiger charge is -2.28. The van der Waals surface area contributed by atoms with Crippen molar-refractivity contribution in [1.29, 1.82) is 0 Å². The van der Waals surface area contributed by atoms with Gasteiger partial charge in [-0.15, -0.1) is 0 Å². The van der Waals surface area contributed by atoms with E-state index < -0.39 is 14.2 Å². The minimum absolute atomic E-state index is 0.0507. The minimum atomic E-state index is -1.66. The van der Waals surface area contributed by atoms with Gasteiger partial charge in [0.15, 0.2) is 11.5 Å². The topological polar surface area (TPSA) is 140 Å². The largest absolute Gasteiger partial charge is 0.488 e. The van der Waals surface area contributed by atoms with E-state index in [1.807, 2.05) is 36.4 Å². The highest BCUT2D eigenvalue weighted by Gasteiger charge is 2.43. The third-order valence-corrected chi connectivity index (χ3v) is 18.7. The van der Waals surface area contributed by atoms with Crippen LogP contribution in [0.2, 0.25) is 0 Å². The van der Waals surface area contributed by atoms with Crippen molar-refractivity contribution in [1.82, 2.24) is 15.1 Å². The van der Waals surface area contributed by atoms with E-state index in [0.29, 0.717) is 87.1 Å². The Morgan fingerprint density at radius 3 is 1.74 bits per heavy atom. The van der Waals surface area contributed by atoms with Crippen LogP contribution in [0.3, 0.4) is 0 Å². The molecule has 0 fully saturated rings. The fourth-order valence-electron chi connectivity index (χ4n) is 13.6. The zero-order valence-corrected chi connectivity index (χ0v) is 54.1. The zero-order valence-electron chi connectivity index (χ0n) is 54.1. The molecule has 2 heterocycles. The van der Waals surface area contributed by atoms with Gasteiger partial charge in [-0.3, -0.25) is 19.4 Å². The molecule has 5 N–H and O–H groups in total. The third-order valence-electron chi connectivity index (χ3n) is 18.7. The molecule has 0 spiro atoms. The number of carbonyl (C=O) groups excluding carboxylic acids is 2. The van der Waals surface area contributed by atoms with Crippen LogP contribution < -0.4 is 21.1 Å². The monoisotopic (exact) mass is 1210 g/mol. The molecule has 91 heavy (non-hydrogen) atoms. The molecule has 0 bridgehead atoms. The normalized spacial score (nSPS) is 14.7. The summed E-state index contributed by atoms with van der Waals surface area (Å²) < 4.78 is 2.31. The summed E-state index contributed by atoms with van der Waals surface area (Å²) in [5.41, 5.74) is 16.9. The summed E-state index contributed by atoms with van der Waals surface area (Å²) in [5, 5.41) is 49.7. The first-order valence-corrected chi connectivity index (χ1v) is 31.8. The predicted octanol–water partition coefficient (Wildman–Crippen LogP) is 12.4. The van der Waals surface area contributed by atoms with Gasteiger partial charge in [0.25, 0.3) is 0 Å². The molecule has 464 valence electrons. The summed E-state index contributed by atoms with van der Waals surface area (Å²) in [7, 11) is 1.00. The zero-order chi connectivity index (χ0) is 64.7. The van der Waals surface area contributed by atoms with Gasteiger partial charge in [0.1, 0.15) is 7.05 Å². The summed E-state index contributed by atoms with van der Waals surface area (Å²) in [6, 6.07) is 56.4. The van der Waals surface area contributed by atoms with E-state index in [1.54, 1.807) is 26.0 Å². The maximum absolute atomic E-state index is 12.8. The molecule has 0 aromatic heterocycles. The number of para-hydroxylation sites is 2. The van der Waals surface area contributed by atoms with Gasteiger partial charge in [0, 0.05) is 92.8 Å². The van der Waals surface area contributed by atoms with E-state index in [1.165, 1.54) is 33.9 Å². The highest BCUT2D eigenvalue weighted by atomic mass is 16.4. The van der Waals surface area contributed by atoms with Gasteiger partial charge in [0.2, 0.25) is 11.6 Å². The summed E-state index contributed by atoms with van der Waals surface area (Å²) in [6.45, 7) is 23.9. The number of hydrogen-bond acceptors (Lipinski definition) is 9. The average Bonchev–Trinajstić information content (AvgIpc) is 1.89. The summed E-state index contributed by atoms with van der Waals surface area (Å²) in [6.07, 6.45) is 11.5. The number of benzene rings is 8. The summed E-state index contributed by atoms with van der Waals surface area (Å²) in [5.74, 6) is -0.143. The van der Waals surface area contributed by atoms with Crippen LogP contribution in [0.15, 0.2) is 218 Å². The van der Waals surface area contributed by atoms with E-state index in [2.05, 4.69) is 219 Å². The van der Waals surface area contributed by atoms with Crippen molar-refractivity contribution in [3.63, 3.8) is 0 Å². The van der Waals surface area contributed by atoms with Gasteiger partial charge in [-0.1, -0.05) is 179 Å². The smallest absolute Gasteiger partial charge is 0.423 e. The quantitative estimate of drug-likeness (QED) is 0.00895.